The van der Waals surface area contributed by atoms with Gasteiger partial charge in [0, 0.05) is 19.6 Å². The van der Waals surface area contributed by atoms with E-state index in [0.717, 1.165) is 5.52 Å². The highest BCUT2D eigenvalue weighted by Crippen LogP contribution is 2.11. The van der Waals surface area contributed by atoms with Crippen LogP contribution in [0.2, 0.25) is 0 Å². The number of morpholine rings is 1. The molecule has 6 heteroatoms. The third-order valence-electron chi connectivity index (χ3n) is 3.67. The number of fused-ring (bicyclic) bond motifs is 1. The Morgan fingerprint density at radius 1 is 1.29 bits per heavy atom. The van der Waals surface area contributed by atoms with Gasteiger partial charge in [0.15, 0.2) is 5.69 Å². The van der Waals surface area contributed by atoms with Gasteiger partial charge in [0.25, 0.3) is 11.5 Å². The number of rotatable bonds is 2. The second-order valence-corrected chi connectivity index (χ2v) is 4.90. The Labute approximate surface area is 122 Å². The van der Waals surface area contributed by atoms with Gasteiger partial charge in [0.05, 0.1) is 24.2 Å². The maximum absolute atomic E-state index is 12.5. The van der Waals surface area contributed by atoms with E-state index in [2.05, 4.69) is 4.98 Å². The Kier molecular flexibility index (Phi) is 3.70. The van der Waals surface area contributed by atoms with Gasteiger partial charge in [-0.05, 0) is 19.1 Å². The van der Waals surface area contributed by atoms with E-state index in [9.17, 15) is 9.59 Å². The minimum absolute atomic E-state index is 0.00236. The second kappa shape index (κ2) is 5.65. The van der Waals surface area contributed by atoms with Crippen molar-refractivity contribution in [1.29, 1.82) is 0 Å². The molecule has 1 aromatic heterocycles. The number of para-hydroxylation sites is 2. The van der Waals surface area contributed by atoms with Crippen LogP contribution in [0.15, 0.2) is 29.1 Å². The summed E-state index contributed by atoms with van der Waals surface area (Å²) in [5.74, 6) is -0.309. The third kappa shape index (κ3) is 2.42. The molecule has 0 spiro atoms. The fourth-order valence-corrected chi connectivity index (χ4v) is 2.56. The van der Waals surface area contributed by atoms with E-state index in [1.165, 1.54) is 0 Å². The van der Waals surface area contributed by atoms with Crippen LogP contribution in [0.3, 0.4) is 0 Å². The van der Waals surface area contributed by atoms with E-state index in [4.69, 9.17) is 4.74 Å². The predicted molar refractivity (Wildman–Crippen MR) is 78.4 cm³/mol. The van der Waals surface area contributed by atoms with Gasteiger partial charge in [-0.1, -0.05) is 12.1 Å². The quantitative estimate of drug-likeness (QED) is 0.823. The zero-order valence-corrected chi connectivity index (χ0v) is 11.9. The first kappa shape index (κ1) is 13.8. The van der Waals surface area contributed by atoms with E-state index in [1.807, 2.05) is 31.2 Å². The lowest BCUT2D eigenvalue weighted by atomic mass is 10.2. The van der Waals surface area contributed by atoms with Crippen molar-refractivity contribution in [2.75, 3.05) is 26.3 Å². The molecule has 2 heterocycles. The van der Waals surface area contributed by atoms with Crippen molar-refractivity contribution in [3.05, 3.63) is 40.3 Å². The summed E-state index contributed by atoms with van der Waals surface area (Å²) in [6.07, 6.45) is 0. The van der Waals surface area contributed by atoms with Gasteiger partial charge in [0.2, 0.25) is 0 Å². The average Bonchev–Trinajstić information content (AvgIpc) is 2.54. The van der Waals surface area contributed by atoms with Gasteiger partial charge in [-0.3, -0.25) is 9.59 Å². The molecule has 1 aliphatic heterocycles. The number of carbonyl (C=O) groups is 1. The minimum atomic E-state index is -0.326. The molecule has 1 aliphatic rings. The number of benzene rings is 1. The number of nitrogens with zero attached hydrogens (tertiary/aromatic N) is 3. The van der Waals surface area contributed by atoms with Crippen molar-refractivity contribution in [3.8, 4) is 0 Å². The molecule has 1 saturated heterocycles. The molecule has 21 heavy (non-hydrogen) atoms. The normalized spacial score (nSPS) is 15.4. The molecule has 0 saturated carbocycles. The Morgan fingerprint density at radius 2 is 2.00 bits per heavy atom. The summed E-state index contributed by atoms with van der Waals surface area (Å²) >= 11 is 0. The molecule has 1 aromatic carbocycles. The molecule has 3 rings (SSSR count). The number of amides is 1. The first-order valence-electron chi connectivity index (χ1n) is 7.09. The van der Waals surface area contributed by atoms with Gasteiger partial charge in [-0.15, -0.1) is 0 Å². The molecular formula is C15H17N3O3. The Hall–Kier alpha value is -2.21. The van der Waals surface area contributed by atoms with Crippen LogP contribution in [0.4, 0.5) is 0 Å². The molecule has 0 atom stereocenters. The highest BCUT2D eigenvalue weighted by Gasteiger charge is 2.24. The van der Waals surface area contributed by atoms with Crippen LogP contribution in [0.1, 0.15) is 17.4 Å². The lowest BCUT2D eigenvalue weighted by molar-refractivity contribution is 0.0297. The fraction of sp³-hybridized carbons (Fsp3) is 0.400. The first-order valence-corrected chi connectivity index (χ1v) is 7.09. The maximum atomic E-state index is 12.5. The largest absolute Gasteiger partial charge is 0.378 e. The highest BCUT2D eigenvalue weighted by molar-refractivity contribution is 5.94. The van der Waals surface area contributed by atoms with Crippen molar-refractivity contribution in [1.82, 2.24) is 14.5 Å². The van der Waals surface area contributed by atoms with Crippen molar-refractivity contribution in [2.45, 2.75) is 13.5 Å². The van der Waals surface area contributed by atoms with Crippen LogP contribution < -0.4 is 5.56 Å². The van der Waals surface area contributed by atoms with E-state index in [0.29, 0.717) is 38.4 Å². The Morgan fingerprint density at radius 3 is 2.71 bits per heavy atom. The fourth-order valence-electron chi connectivity index (χ4n) is 2.56. The molecule has 6 nitrogen and oxygen atoms in total. The van der Waals surface area contributed by atoms with E-state index < -0.39 is 0 Å². The van der Waals surface area contributed by atoms with Gasteiger partial charge in [-0.2, -0.15) is 0 Å². The summed E-state index contributed by atoms with van der Waals surface area (Å²) in [4.78, 5) is 31.0. The Balaban J connectivity index is 2.12. The number of ether oxygens (including phenoxy) is 1. The van der Waals surface area contributed by atoms with Gasteiger partial charge in [0.1, 0.15) is 0 Å². The van der Waals surface area contributed by atoms with Crippen LogP contribution in [0, 0.1) is 0 Å². The molecular weight excluding hydrogens is 270 g/mol. The number of hydrogen-bond donors (Lipinski definition) is 0. The van der Waals surface area contributed by atoms with Crippen molar-refractivity contribution in [3.63, 3.8) is 0 Å². The average molecular weight is 287 g/mol. The summed E-state index contributed by atoms with van der Waals surface area (Å²) in [6.45, 7) is 4.39. The summed E-state index contributed by atoms with van der Waals surface area (Å²) in [6, 6.07) is 7.37. The number of hydrogen-bond acceptors (Lipinski definition) is 4. The summed E-state index contributed by atoms with van der Waals surface area (Å²) in [5.41, 5.74) is 1.09. The van der Waals surface area contributed by atoms with E-state index in [1.54, 1.807) is 9.47 Å². The van der Waals surface area contributed by atoms with Gasteiger partial charge >= 0.3 is 0 Å². The molecule has 0 bridgehead atoms. The van der Waals surface area contributed by atoms with Crippen LogP contribution in [-0.4, -0.2) is 46.7 Å². The van der Waals surface area contributed by atoms with Crippen molar-refractivity contribution >= 4 is 16.9 Å². The molecule has 0 aliphatic carbocycles. The van der Waals surface area contributed by atoms with Crippen LogP contribution in [-0.2, 0) is 11.3 Å². The zero-order chi connectivity index (χ0) is 14.8. The highest BCUT2D eigenvalue weighted by atomic mass is 16.5. The van der Waals surface area contributed by atoms with Crippen LogP contribution >= 0.6 is 0 Å². The second-order valence-electron chi connectivity index (χ2n) is 4.90. The number of aryl methyl sites for hydroxylation is 1. The molecule has 2 aromatic rings. The smallest absolute Gasteiger partial charge is 0.282 e. The van der Waals surface area contributed by atoms with E-state index >= 15 is 0 Å². The lowest BCUT2D eigenvalue weighted by Crippen LogP contribution is -2.44. The molecule has 0 N–H and O–H groups in total. The van der Waals surface area contributed by atoms with Crippen LogP contribution in [0.25, 0.3) is 11.0 Å². The Bertz CT molecular complexity index is 733. The molecule has 1 amide bonds. The minimum Gasteiger partial charge on any atom is -0.378 e. The topological polar surface area (TPSA) is 64.4 Å². The van der Waals surface area contributed by atoms with Gasteiger partial charge in [-0.25, -0.2) is 4.98 Å². The molecule has 110 valence electrons. The number of aromatic nitrogens is 2. The monoisotopic (exact) mass is 287 g/mol. The first-order chi connectivity index (χ1) is 10.2. The number of carbonyl (C=O) groups excluding carboxylic acids is 1. The SMILES string of the molecule is CCn1c(=O)c(C(=O)N2CCOCC2)nc2ccccc21. The summed E-state index contributed by atoms with van der Waals surface area (Å²) in [5, 5.41) is 0. The van der Waals surface area contributed by atoms with E-state index in [-0.39, 0.29) is 17.2 Å². The zero-order valence-electron chi connectivity index (χ0n) is 11.9. The van der Waals surface area contributed by atoms with Crippen molar-refractivity contribution in [2.24, 2.45) is 0 Å². The maximum Gasteiger partial charge on any atom is 0.282 e. The summed E-state index contributed by atoms with van der Waals surface area (Å²) < 4.78 is 6.83. The predicted octanol–water partition coefficient (Wildman–Crippen LogP) is 0.889. The van der Waals surface area contributed by atoms with Crippen LogP contribution in [0.5, 0.6) is 0 Å². The summed E-state index contributed by atoms with van der Waals surface area (Å²) in [7, 11) is 0. The standard InChI is InChI=1S/C15H17N3O3/c1-2-18-12-6-4-3-5-11(12)16-13(15(18)20)14(19)17-7-9-21-10-8-17/h3-6H,2,7-10H2,1H3. The van der Waals surface area contributed by atoms with Gasteiger partial charge < -0.3 is 14.2 Å². The molecule has 0 radical (unpaired) electrons. The molecule has 1 fully saturated rings. The lowest BCUT2D eigenvalue weighted by Gasteiger charge is -2.26. The molecule has 0 unspecified atom stereocenters. The third-order valence-corrected chi connectivity index (χ3v) is 3.67. The van der Waals surface area contributed by atoms with Crippen molar-refractivity contribution < 1.29 is 9.53 Å².